The van der Waals surface area contributed by atoms with E-state index < -0.39 is 0 Å². The highest BCUT2D eigenvalue weighted by molar-refractivity contribution is 5.87. The van der Waals surface area contributed by atoms with Crippen LogP contribution in [0.25, 0.3) is 0 Å². The van der Waals surface area contributed by atoms with E-state index in [2.05, 4.69) is 6.92 Å². The Morgan fingerprint density at radius 1 is 1.36 bits per heavy atom. The Kier molecular flexibility index (Phi) is 11.7. The van der Waals surface area contributed by atoms with E-state index in [1.165, 1.54) is 19.0 Å². The predicted octanol–water partition coefficient (Wildman–Crippen LogP) is 2.39. The fourth-order valence-corrected chi connectivity index (χ4v) is 0.876. The second-order valence-electron chi connectivity index (χ2n) is 3.05. The lowest BCUT2D eigenvalue weighted by molar-refractivity contribution is -0.139. The first kappa shape index (κ1) is 15.8. The zero-order valence-electron chi connectivity index (χ0n) is 8.91. The molecule has 0 aromatic rings. The fraction of sp³-hybridized carbons (Fsp3) is 0.700. The number of hydrogen-bond donors (Lipinski definition) is 1. The van der Waals surface area contributed by atoms with Crippen LogP contribution in [0.4, 0.5) is 0 Å². The zero-order chi connectivity index (χ0) is 10.1. The maximum absolute atomic E-state index is 11.0. The third-order valence-electron chi connectivity index (χ3n) is 1.80. The van der Waals surface area contributed by atoms with Gasteiger partial charge in [-0.2, -0.15) is 0 Å². The molecule has 0 radical (unpaired) electrons. The van der Waals surface area contributed by atoms with Crippen molar-refractivity contribution < 1.29 is 9.53 Å². The van der Waals surface area contributed by atoms with E-state index in [-0.39, 0.29) is 18.4 Å². The Hall–Kier alpha value is -0.700. The third-order valence-corrected chi connectivity index (χ3v) is 1.80. The highest BCUT2D eigenvalue weighted by Gasteiger charge is 2.03. The number of ether oxygens (including phenoxy) is 1. The molecular formula is C10H20ClNO2. The Morgan fingerprint density at radius 2 is 2.00 bits per heavy atom. The number of rotatable bonds is 6. The molecule has 0 aliphatic heterocycles. The number of carbonyl (C=O) groups excluding carboxylic acids is 1. The van der Waals surface area contributed by atoms with Gasteiger partial charge in [0.15, 0.2) is 0 Å². The van der Waals surface area contributed by atoms with Crippen LogP contribution in [-0.4, -0.2) is 12.6 Å². The van der Waals surface area contributed by atoms with Crippen molar-refractivity contribution in [2.45, 2.75) is 39.5 Å². The van der Waals surface area contributed by atoms with Crippen LogP contribution in [0.3, 0.4) is 0 Å². The molecule has 84 valence electrons. The molecule has 0 unspecified atom stereocenters. The Morgan fingerprint density at radius 3 is 2.50 bits per heavy atom. The molecule has 0 rings (SSSR count). The van der Waals surface area contributed by atoms with Gasteiger partial charge >= 0.3 is 5.97 Å². The maximum atomic E-state index is 11.0. The van der Waals surface area contributed by atoms with Crippen molar-refractivity contribution in [1.82, 2.24) is 0 Å². The molecule has 0 amide bonds. The molecule has 0 saturated carbocycles. The van der Waals surface area contributed by atoms with Crippen LogP contribution < -0.4 is 5.73 Å². The monoisotopic (exact) mass is 221 g/mol. The van der Waals surface area contributed by atoms with Crippen LogP contribution in [0.5, 0.6) is 0 Å². The largest absolute Gasteiger partial charge is 0.462 e. The molecule has 14 heavy (non-hydrogen) atoms. The van der Waals surface area contributed by atoms with Gasteiger partial charge in [0.05, 0.1) is 6.61 Å². The smallest absolute Gasteiger partial charge is 0.335 e. The van der Waals surface area contributed by atoms with Crippen molar-refractivity contribution in [1.29, 1.82) is 0 Å². The molecule has 0 aromatic carbocycles. The van der Waals surface area contributed by atoms with Crippen LogP contribution in [0.2, 0.25) is 0 Å². The number of hydrogen-bond acceptors (Lipinski definition) is 3. The van der Waals surface area contributed by atoms with Crippen molar-refractivity contribution in [3.8, 4) is 0 Å². The van der Waals surface area contributed by atoms with Crippen LogP contribution in [0.1, 0.15) is 39.5 Å². The van der Waals surface area contributed by atoms with E-state index >= 15 is 0 Å². The molecule has 2 N–H and O–H groups in total. The second-order valence-corrected chi connectivity index (χ2v) is 3.05. The molecule has 3 nitrogen and oxygen atoms in total. The van der Waals surface area contributed by atoms with Crippen molar-refractivity contribution in [3.05, 3.63) is 11.8 Å². The normalized spacial score (nSPS) is 10.6. The Labute approximate surface area is 92.1 Å². The van der Waals surface area contributed by atoms with Crippen molar-refractivity contribution in [2.24, 2.45) is 5.73 Å². The molecule has 0 bridgehead atoms. The first-order valence-corrected chi connectivity index (χ1v) is 4.78. The van der Waals surface area contributed by atoms with Gasteiger partial charge in [-0.05, 0) is 13.3 Å². The summed E-state index contributed by atoms with van der Waals surface area (Å²) in [6, 6.07) is 0. The van der Waals surface area contributed by atoms with Gasteiger partial charge in [0.1, 0.15) is 0 Å². The van der Waals surface area contributed by atoms with E-state index in [1.807, 2.05) is 0 Å². The van der Waals surface area contributed by atoms with Gasteiger partial charge in [-0.1, -0.05) is 26.2 Å². The molecule has 0 heterocycles. The van der Waals surface area contributed by atoms with Crippen LogP contribution in [0.15, 0.2) is 11.8 Å². The van der Waals surface area contributed by atoms with E-state index in [0.29, 0.717) is 12.2 Å². The van der Waals surface area contributed by atoms with Crippen LogP contribution >= 0.6 is 12.4 Å². The standard InChI is InChI=1S/C10H19NO2.ClH/c1-3-4-5-6-7-13-10(12)9(2)8-11;/h8H,3-7,11H2,1-2H3;1H/b9-8+;. The summed E-state index contributed by atoms with van der Waals surface area (Å²) >= 11 is 0. The molecule has 0 aromatic heterocycles. The SMILES string of the molecule is CCCCCCOC(=O)/C(C)=C/N.Cl. The molecule has 4 heteroatoms. The van der Waals surface area contributed by atoms with E-state index in [1.54, 1.807) is 6.92 Å². The predicted molar refractivity (Wildman–Crippen MR) is 60.3 cm³/mol. The lowest BCUT2D eigenvalue weighted by atomic mass is 10.2. The number of carbonyl (C=O) groups is 1. The Bertz CT molecular complexity index is 181. The van der Waals surface area contributed by atoms with Gasteiger partial charge in [0, 0.05) is 11.8 Å². The van der Waals surface area contributed by atoms with Crippen molar-refractivity contribution in [2.75, 3.05) is 6.61 Å². The Balaban J connectivity index is 0. The van der Waals surface area contributed by atoms with Crippen LogP contribution in [0, 0.1) is 0 Å². The van der Waals surface area contributed by atoms with Gasteiger partial charge in [-0.15, -0.1) is 12.4 Å². The van der Waals surface area contributed by atoms with E-state index in [9.17, 15) is 4.79 Å². The minimum atomic E-state index is -0.306. The summed E-state index contributed by atoms with van der Waals surface area (Å²) in [5.41, 5.74) is 5.63. The lowest BCUT2D eigenvalue weighted by Crippen LogP contribution is -2.08. The van der Waals surface area contributed by atoms with E-state index in [4.69, 9.17) is 10.5 Å². The summed E-state index contributed by atoms with van der Waals surface area (Å²) in [5.74, 6) is -0.306. The number of unbranched alkanes of at least 4 members (excludes halogenated alkanes) is 3. The highest BCUT2D eigenvalue weighted by atomic mass is 35.5. The molecule has 0 fully saturated rings. The molecule has 0 atom stereocenters. The van der Waals surface area contributed by atoms with Gasteiger partial charge < -0.3 is 10.5 Å². The summed E-state index contributed by atoms with van der Waals surface area (Å²) < 4.78 is 4.95. The van der Waals surface area contributed by atoms with Crippen LogP contribution in [-0.2, 0) is 9.53 Å². The van der Waals surface area contributed by atoms with Crippen molar-refractivity contribution >= 4 is 18.4 Å². The molecule has 0 saturated heterocycles. The average molecular weight is 222 g/mol. The van der Waals surface area contributed by atoms with Gasteiger partial charge in [-0.3, -0.25) is 0 Å². The quantitative estimate of drug-likeness (QED) is 0.426. The third kappa shape index (κ3) is 7.92. The number of esters is 1. The summed E-state index contributed by atoms with van der Waals surface area (Å²) in [7, 11) is 0. The van der Waals surface area contributed by atoms with E-state index in [0.717, 1.165) is 12.8 Å². The highest BCUT2D eigenvalue weighted by Crippen LogP contribution is 2.00. The zero-order valence-corrected chi connectivity index (χ0v) is 9.73. The summed E-state index contributed by atoms with van der Waals surface area (Å²) in [6.07, 6.45) is 5.72. The van der Waals surface area contributed by atoms with Gasteiger partial charge in [0.2, 0.25) is 0 Å². The molecule has 0 aliphatic rings. The summed E-state index contributed by atoms with van der Waals surface area (Å²) in [4.78, 5) is 11.0. The fourth-order valence-electron chi connectivity index (χ4n) is 0.876. The minimum Gasteiger partial charge on any atom is -0.462 e. The summed E-state index contributed by atoms with van der Waals surface area (Å²) in [6.45, 7) is 4.30. The summed E-state index contributed by atoms with van der Waals surface area (Å²) in [5, 5.41) is 0. The molecule has 0 aliphatic carbocycles. The number of nitrogens with two attached hydrogens (primary N) is 1. The molecular weight excluding hydrogens is 202 g/mol. The number of halogens is 1. The van der Waals surface area contributed by atoms with Gasteiger partial charge in [0.25, 0.3) is 0 Å². The first-order valence-electron chi connectivity index (χ1n) is 4.78. The lowest BCUT2D eigenvalue weighted by Gasteiger charge is -2.03. The topological polar surface area (TPSA) is 52.3 Å². The van der Waals surface area contributed by atoms with Gasteiger partial charge in [-0.25, -0.2) is 4.79 Å². The molecule has 0 spiro atoms. The average Bonchev–Trinajstić information content (AvgIpc) is 2.16. The first-order chi connectivity index (χ1) is 6.22. The second kappa shape index (κ2) is 10.4. The maximum Gasteiger partial charge on any atom is 0.335 e. The minimum absolute atomic E-state index is 0. The van der Waals surface area contributed by atoms with Crippen molar-refractivity contribution in [3.63, 3.8) is 0 Å².